The van der Waals surface area contributed by atoms with Gasteiger partial charge in [-0.1, -0.05) is 18.2 Å². The van der Waals surface area contributed by atoms with Gasteiger partial charge in [-0.15, -0.1) is 0 Å². The van der Waals surface area contributed by atoms with Crippen LogP contribution in [0.15, 0.2) is 24.3 Å². The molecule has 19 heavy (non-hydrogen) atoms. The van der Waals surface area contributed by atoms with Gasteiger partial charge in [0, 0.05) is 18.0 Å². The van der Waals surface area contributed by atoms with Crippen molar-refractivity contribution in [2.45, 2.75) is 50.3 Å². The molecule has 1 aliphatic heterocycles. The number of hydrogen-bond donors (Lipinski definition) is 2. The lowest BCUT2D eigenvalue weighted by molar-refractivity contribution is -0.149. The molecule has 0 amide bonds. The first-order valence-corrected chi connectivity index (χ1v) is 6.73. The van der Waals surface area contributed by atoms with Gasteiger partial charge in [-0.25, -0.2) is 4.79 Å². The molecule has 1 heterocycles. The number of hydrogen-bond acceptors (Lipinski definition) is 3. The molecule has 3 rings (SSSR count). The van der Waals surface area contributed by atoms with E-state index in [2.05, 4.69) is 5.32 Å². The summed E-state index contributed by atoms with van der Waals surface area (Å²) in [4.78, 5) is 12.0. The molecule has 0 aromatic heterocycles. The van der Waals surface area contributed by atoms with Crippen LogP contribution in [-0.4, -0.2) is 22.7 Å². The fraction of sp³-hybridized carbons (Fsp3) is 0.533. The lowest BCUT2D eigenvalue weighted by Crippen LogP contribution is -2.57. The highest BCUT2D eigenvalue weighted by Gasteiger charge is 2.52. The largest absolute Gasteiger partial charge is 0.487 e. The van der Waals surface area contributed by atoms with Crippen LogP contribution >= 0.6 is 0 Å². The minimum absolute atomic E-state index is 0.318. The van der Waals surface area contributed by atoms with Gasteiger partial charge in [0.15, 0.2) is 0 Å². The molecule has 102 valence electrons. The van der Waals surface area contributed by atoms with Crippen LogP contribution in [0.5, 0.6) is 5.75 Å². The van der Waals surface area contributed by atoms with Crippen LogP contribution in [0.25, 0.3) is 0 Å². The van der Waals surface area contributed by atoms with Gasteiger partial charge in [0.25, 0.3) is 0 Å². The highest BCUT2D eigenvalue weighted by atomic mass is 16.5. The van der Waals surface area contributed by atoms with Crippen LogP contribution in [0.2, 0.25) is 0 Å². The van der Waals surface area contributed by atoms with E-state index in [1.54, 1.807) is 0 Å². The predicted molar refractivity (Wildman–Crippen MR) is 71.2 cm³/mol. The van der Waals surface area contributed by atoms with Crippen LogP contribution in [0.4, 0.5) is 0 Å². The molecule has 4 nitrogen and oxygen atoms in total. The summed E-state index contributed by atoms with van der Waals surface area (Å²) in [5, 5.41) is 13.2. The van der Waals surface area contributed by atoms with Crippen molar-refractivity contribution in [2.24, 2.45) is 0 Å². The Morgan fingerprint density at radius 2 is 2.05 bits per heavy atom. The molecule has 4 heteroatoms. The van der Waals surface area contributed by atoms with Gasteiger partial charge in [0.1, 0.15) is 16.9 Å². The third kappa shape index (κ3) is 2.10. The van der Waals surface area contributed by atoms with E-state index in [1.165, 1.54) is 0 Å². The second-order valence-electron chi connectivity index (χ2n) is 6.16. The Morgan fingerprint density at radius 1 is 1.37 bits per heavy atom. The van der Waals surface area contributed by atoms with Gasteiger partial charge in [-0.3, -0.25) is 5.32 Å². The Morgan fingerprint density at radius 3 is 2.68 bits per heavy atom. The number of carboxylic acids is 1. The zero-order valence-corrected chi connectivity index (χ0v) is 11.3. The Bertz CT molecular complexity index is 522. The van der Waals surface area contributed by atoms with Crippen molar-refractivity contribution >= 4 is 5.97 Å². The molecule has 1 aliphatic carbocycles. The highest BCUT2D eigenvalue weighted by molar-refractivity contribution is 5.82. The summed E-state index contributed by atoms with van der Waals surface area (Å²) in [5.74, 6) is -0.141. The van der Waals surface area contributed by atoms with E-state index in [-0.39, 0.29) is 0 Å². The quantitative estimate of drug-likeness (QED) is 0.876. The minimum atomic E-state index is -1.03. The number of carboxylic acid groups (broad SMARTS) is 1. The number of para-hydroxylation sites is 1. The summed E-state index contributed by atoms with van der Waals surface area (Å²) in [6.07, 6.45) is 2.54. The average Bonchev–Trinajstić information content (AvgIpc) is 3.11. The van der Waals surface area contributed by atoms with Gasteiger partial charge in [-0.2, -0.15) is 0 Å². The smallest absolute Gasteiger partial charge is 0.328 e. The Labute approximate surface area is 112 Å². The van der Waals surface area contributed by atoms with Crippen molar-refractivity contribution in [3.05, 3.63) is 29.8 Å². The number of carbonyl (C=O) groups is 1. The topological polar surface area (TPSA) is 58.6 Å². The van der Waals surface area contributed by atoms with Gasteiger partial charge < -0.3 is 9.84 Å². The van der Waals surface area contributed by atoms with Gasteiger partial charge in [-0.05, 0) is 32.8 Å². The predicted octanol–water partition coefficient (Wildman–Crippen LogP) is 2.28. The first-order chi connectivity index (χ1) is 8.93. The second-order valence-corrected chi connectivity index (χ2v) is 6.16. The van der Waals surface area contributed by atoms with Gasteiger partial charge in [0.2, 0.25) is 0 Å². The number of nitrogens with one attached hydrogen (secondary N) is 1. The monoisotopic (exact) mass is 261 g/mol. The summed E-state index contributed by atoms with van der Waals surface area (Å²) >= 11 is 0. The molecule has 1 saturated carbocycles. The standard InChI is InChI=1S/C15H19NO3/c1-14(2)9-15(13(17)18,16-10-7-8-10)11-5-3-4-6-12(11)19-14/h3-6,10,16H,7-9H2,1-2H3,(H,17,18). The molecule has 0 radical (unpaired) electrons. The number of aliphatic carboxylic acids is 1. The fourth-order valence-corrected chi connectivity index (χ4v) is 2.93. The van der Waals surface area contributed by atoms with Crippen molar-refractivity contribution in [1.82, 2.24) is 5.32 Å². The molecule has 0 bridgehead atoms. The number of ether oxygens (including phenoxy) is 1. The Kier molecular flexibility index (Phi) is 2.61. The fourth-order valence-electron chi connectivity index (χ4n) is 2.93. The SMILES string of the molecule is CC1(C)CC(NC2CC2)(C(=O)O)c2ccccc2O1. The van der Waals surface area contributed by atoms with Crippen LogP contribution in [-0.2, 0) is 10.3 Å². The van der Waals surface area contributed by atoms with Gasteiger partial charge >= 0.3 is 5.97 Å². The van der Waals surface area contributed by atoms with Crippen LogP contribution < -0.4 is 10.1 Å². The maximum absolute atomic E-state index is 12.0. The molecule has 1 unspecified atom stereocenters. The minimum Gasteiger partial charge on any atom is -0.487 e. The molecule has 0 spiro atoms. The molecule has 2 aliphatic rings. The van der Waals surface area contributed by atoms with Crippen LogP contribution in [0, 0.1) is 0 Å². The van der Waals surface area contributed by atoms with Crippen molar-refractivity contribution < 1.29 is 14.6 Å². The molecule has 2 N–H and O–H groups in total. The van der Waals surface area contributed by atoms with Crippen LogP contribution in [0.1, 0.15) is 38.7 Å². The molecular formula is C15H19NO3. The summed E-state index contributed by atoms with van der Waals surface area (Å²) in [5.41, 5.74) is -0.776. The van der Waals surface area contributed by atoms with E-state index in [1.807, 2.05) is 38.1 Å². The molecular weight excluding hydrogens is 242 g/mol. The highest BCUT2D eigenvalue weighted by Crippen LogP contribution is 2.45. The zero-order valence-electron chi connectivity index (χ0n) is 11.3. The van der Waals surface area contributed by atoms with Gasteiger partial charge in [0.05, 0.1) is 0 Å². The number of rotatable bonds is 3. The lowest BCUT2D eigenvalue weighted by atomic mass is 9.77. The average molecular weight is 261 g/mol. The molecule has 1 fully saturated rings. The maximum Gasteiger partial charge on any atom is 0.328 e. The third-order valence-corrected chi connectivity index (χ3v) is 3.82. The summed E-state index contributed by atoms with van der Waals surface area (Å²) in [6, 6.07) is 7.77. The Hall–Kier alpha value is -1.55. The van der Waals surface area contributed by atoms with E-state index in [4.69, 9.17) is 4.74 Å². The van der Waals surface area contributed by atoms with Crippen molar-refractivity contribution in [1.29, 1.82) is 0 Å². The summed E-state index contributed by atoms with van der Waals surface area (Å²) < 4.78 is 5.92. The molecule has 1 atom stereocenters. The first kappa shape index (κ1) is 12.5. The normalized spacial score (nSPS) is 28.3. The van der Waals surface area contributed by atoms with E-state index < -0.39 is 17.1 Å². The van der Waals surface area contributed by atoms with Crippen molar-refractivity contribution in [2.75, 3.05) is 0 Å². The van der Waals surface area contributed by atoms with E-state index in [0.717, 1.165) is 18.4 Å². The number of benzene rings is 1. The molecule has 0 saturated heterocycles. The van der Waals surface area contributed by atoms with E-state index in [0.29, 0.717) is 18.2 Å². The molecule has 1 aromatic carbocycles. The first-order valence-electron chi connectivity index (χ1n) is 6.73. The second kappa shape index (κ2) is 3.97. The third-order valence-electron chi connectivity index (χ3n) is 3.82. The lowest BCUT2D eigenvalue weighted by Gasteiger charge is -2.44. The summed E-state index contributed by atoms with van der Waals surface area (Å²) in [6.45, 7) is 3.88. The number of fused-ring (bicyclic) bond motifs is 1. The zero-order chi connectivity index (χ0) is 13.7. The van der Waals surface area contributed by atoms with Crippen LogP contribution in [0.3, 0.4) is 0 Å². The Balaban J connectivity index is 2.12. The van der Waals surface area contributed by atoms with E-state index in [9.17, 15) is 9.90 Å². The van der Waals surface area contributed by atoms with E-state index >= 15 is 0 Å². The summed E-state index contributed by atoms with van der Waals surface area (Å²) in [7, 11) is 0. The maximum atomic E-state index is 12.0. The molecule has 1 aromatic rings. The van der Waals surface area contributed by atoms with Crippen molar-refractivity contribution in [3.63, 3.8) is 0 Å². The van der Waals surface area contributed by atoms with Crippen molar-refractivity contribution in [3.8, 4) is 5.75 Å².